The van der Waals surface area contributed by atoms with Crippen molar-refractivity contribution in [3.8, 4) is 5.75 Å². The number of methoxy groups -OCH3 is 1. The molecule has 0 radical (unpaired) electrons. The van der Waals surface area contributed by atoms with Crippen LogP contribution < -0.4 is 9.04 Å². The average molecular weight is 479 g/mol. The fraction of sp³-hybridized carbons (Fsp3) is 0.296. The minimum atomic E-state index is -3.85. The summed E-state index contributed by atoms with van der Waals surface area (Å²) in [4.78, 5) is 15.6. The number of nitrogens with zero attached hydrogens (tertiary/aromatic N) is 2. The van der Waals surface area contributed by atoms with Gasteiger partial charge in [0, 0.05) is 25.2 Å². The normalized spacial score (nSPS) is 14.3. The Labute approximate surface area is 201 Å². The Hall–Kier alpha value is -3.32. The number of sulfonamides is 1. The lowest BCUT2D eigenvalue weighted by Crippen LogP contribution is -2.39. The first-order valence-corrected chi connectivity index (χ1v) is 12.8. The molecule has 0 saturated heterocycles. The first kappa shape index (κ1) is 23.8. The maximum atomic E-state index is 13.6. The predicted molar refractivity (Wildman–Crippen MR) is 134 cm³/mol. The van der Waals surface area contributed by atoms with Gasteiger partial charge in [-0.1, -0.05) is 36.4 Å². The predicted octanol–water partition coefficient (Wildman–Crippen LogP) is 4.96. The number of rotatable bonds is 9. The monoisotopic (exact) mass is 478 g/mol. The van der Waals surface area contributed by atoms with Crippen LogP contribution in [0.5, 0.6) is 5.75 Å². The number of anilines is 1. The molecule has 1 unspecified atom stereocenters. The molecule has 0 heterocycles. The molecular weight excluding hydrogens is 448 g/mol. The fourth-order valence-corrected chi connectivity index (χ4v) is 5.30. The van der Waals surface area contributed by atoms with Gasteiger partial charge in [-0.25, -0.2) is 8.42 Å². The molecule has 0 bridgehead atoms. The molecule has 0 aliphatic heterocycles. The standard InChI is InChI=1S/C27H30N2O4S/c1-20(22-12-13-22)29(19-21-8-5-4-6-9-21)27(30)23-10-7-11-26(18-23)34(31,32)28(2)24-14-16-25(33-3)17-15-24/h4-11,14-18,20,22H,12-13,19H2,1-3H3. The first-order chi connectivity index (χ1) is 16.3. The van der Waals surface area contributed by atoms with Crippen LogP contribution in [-0.2, 0) is 16.6 Å². The third kappa shape index (κ3) is 5.09. The van der Waals surface area contributed by atoms with E-state index >= 15 is 0 Å². The van der Waals surface area contributed by atoms with Gasteiger partial charge in [0.2, 0.25) is 0 Å². The number of benzene rings is 3. The fourth-order valence-electron chi connectivity index (χ4n) is 4.06. The van der Waals surface area contributed by atoms with Crippen molar-refractivity contribution in [1.29, 1.82) is 0 Å². The van der Waals surface area contributed by atoms with Gasteiger partial charge >= 0.3 is 0 Å². The van der Waals surface area contributed by atoms with E-state index in [0.717, 1.165) is 18.4 Å². The van der Waals surface area contributed by atoms with Gasteiger partial charge in [-0.15, -0.1) is 0 Å². The van der Waals surface area contributed by atoms with Crippen LogP contribution in [0.15, 0.2) is 83.8 Å². The highest BCUT2D eigenvalue weighted by atomic mass is 32.2. The summed E-state index contributed by atoms with van der Waals surface area (Å²) in [5.74, 6) is 0.971. The van der Waals surface area contributed by atoms with E-state index in [1.807, 2.05) is 35.2 Å². The molecule has 3 aromatic carbocycles. The second kappa shape index (κ2) is 9.89. The van der Waals surface area contributed by atoms with Gasteiger partial charge in [0.1, 0.15) is 5.75 Å². The molecule has 0 N–H and O–H groups in total. The maximum Gasteiger partial charge on any atom is 0.264 e. The summed E-state index contributed by atoms with van der Waals surface area (Å²) >= 11 is 0. The second-order valence-corrected chi connectivity index (χ2v) is 10.7. The van der Waals surface area contributed by atoms with Crippen molar-refractivity contribution in [3.63, 3.8) is 0 Å². The number of ether oxygens (including phenoxy) is 1. The maximum absolute atomic E-state index is 13.6. The van der Waals surface area contributed by atoms with Gasteiger partial charge in [-0.2, -0.15) is 0 Å². The number of hydrogen-bond acceptors (Lipinski definition) is 4. The molecule has 4 rings (SSSR count). The van der Waals surface area contributed by atoms with E-state index in [1.165, 1.54) is 23.5 Å². The number of amides is 1. The lowest BCUT2D eigenvalue weighted by atomic mass is 10.1. The molecule has 178 valence electrons. The van der Waals surface area contributed by atoms with Crippen LogP contribution in [0, 0.1) is 5.92 Å². The lowest BCUT2D eigenvalue weighted by Gasteiger charge is -2.30. The molecule has 1 saturated carbocycles. The Morgan fingerprint density at radius 3 is 2.29 bits per heavy atom. The summed E-state index contributed by atoms with van der Waals surface area (Å²) in [6.07, 6.45) is 2.22. The van der Waals surface area contributed by atoms with Crippen molar-refractivity contribution >= 4 is 21.6 Å². The van der Waals surface area contributed by atoms with Gasteiger partial charge in [-0.05, 0) is 73.7 Å². The highest BCUT2D eigenvalue weighted by Crippen LogP contribution is 2.36. The zero-order chi connectivity index (χ0) is 24.3. The molecule has 1 aliphatic carbocycles. The molecule has 0 aromatic heterocycles. The highest BCUT2D eigenvalue weighted by molar-refractivity contribution is 7.92. The lowest BCUT2D eigenvalue weighted by molar-refractivity contribution is 0.0654. The van der Waals surface area contributed by atoms with Crippen LogP contribution >= 0.6 is 0 Å². The SMILES string of the molecule is COc1ccc(N(C)S(=O)(=O)c2cccc(C(=O)N(Cc3ccccc3)C(C)C3CC3)c2)cc1. The first-order valence-electron chi connectivity index (χ1n) is 11.4. The number of carbonyl (C=O) groups is 1. The van der Waals surface area contributed by atoms with E-state index in [9.17, 15) is 13.2 Å². The topological polar surface area (TPSA) is 66.9 Å². The summed E-state index contributed by atoms with van der Waals surface area (Å²) < 4.78 is 33.1. The molecular formula is C27H30N2O4S. The van der Waals surface area contributed by atoms with E-state index in [2.05, 4.69) is 6.92 Å². The van der Waals surface area contributed by atoms with E-state index in [0.29, 0.717) is 29.5 Å². The Morgan fingerprint density at radius 1 is 1.00 bits per heavy atom. The molecule has 1 fully saturated rings. The molecule has 3 aromatic rings. The van der Waals surface area contributed by atoms with Gasteiger partial charge < -0.3 is 9.64 Å². The van der Waals surface area contributed by atoms with E-state index in [1.54, 1.807) is 43.5 Å². The van der Waals surface area contributed by atoms with Crippen LogP contribution in [-0.4, -0.2) is 39.4 Å². The third-order valence-electron chi connectivity index (χ3n) is 6.43. The molecule has 1 aliphatic rings. The van der Waals surface area contributed by atoms with Crippen LogP contribution in [0.25, 0.3) is 0 Å². The zero-order valence-electron chi connectivity index (χ0n) is 19.7. The molecule has 34 heavy (non-hydrogen) atoms. The quantitative estimate of drug-likeness (QED) is 0.436. The summed E-state index contributed by atoms with van der Waals surface area (Å²) in [6.45, 7) is 2.57. The van der Waals surface area contributed by atoms with Crippen molar-refractivity contribution in [2.45, 2.75) is 37.2 Å². The van der Waals surface area contributed by atoms with Crippen LogP contribution in [0.1, 0.15) is 35.7 Å². The Morgan fingerprint density at radius 2 is 1.68 bits per heavy atom. The Kier molecular flexibility index (Phi) is 6.93. The molecule has 0 spiro atoms. The third-order valence-corrected chi connectivity index (χ3v) is 8.21. The summed E-state index contributed by atoms with van der Waals surface area (Å²) in [6, 6.07) is 23.1. The Balaban J connectivity index is 1.62. The van der Waals surface area contributed by atoms with Crippen LogP contribution in [0.3, 0.4) is 0 Å². The summed E-state index contributed by atoms with van der Waals surface area (Å²) in [5, 5.41) is 0. The smallest absolute Gasteiger partial charge is 0.264 e. The van der Waals surface area contributed by atoms with E-state index < -0.39 is 10.0 Å². The van der Waals surface area contributed by atoms with E-state index in [4.69, 9.17) is 4.74 Å². The van der Waals surface area contributed by atoms with Gasteiger partial charge in [0.15, 0.2) is 0 Å². The number of hydrogen-bond donors (Lipinski definition) is 0. The van der Waals surface area contributed by atoms with Crippen molar-refractivity contribution in [2.24, 2.45) is 5.92 Å². The van der Waals surface area contributed by atoms with Gasteiger partial charge in [0.25, 0.3) is 15.9 Å². The van der Waals surface area contributed by atoms with Gasteiger partial charge in [0.05, 0.1) is 17.7 Å². The molecule has 6 nitrogen and oxygen atoms in total. The van der Waals surface area contributed by atoms with Crippen LogP contribution in [0.2, 0.25) is 0 Å². The summed E-state index contributed by atoms with van der Waals surface area (Å²) in [5.41, 5.74) is 1.92. The summed E-state index contributed by atoms with van der Waals surface area (Å²) in [7, 11) is -0.794. The van der Waals surface area contributed by atoms with Crippen molar-refractivity contribution in [3.05, 3.63) is 90.0 Å². The highest BCUT2D eigenvalue weighted by Gasteiger charge is 2.35. The van der Waals surface area contributed by atoms with Crippen LogP contribution in [0.4, 0.5) is 5.69 Å². The zero-order valence-corrected chi connectivity index (χ0v) is 20.5. The van der Waals surface area contributed by atoms with Crippen molar-refractivity contribution in [1.82, 2.24) is 4.90 Å². The van der Waals surface area contributed by atoms with Crippen molar-refractivity contribution in [2.75, 3.05) is 18.5 Å². The van der Waals surface area contributed by atoms with E-state index in [-0.39, 0.29) is 16.8 Å². The molecule has 1 atom stereocenters. The number of carbonyl (C=O) groups excluding carboxylic acids is 1. The Bertz CT molecular complexity index is 1240. The molecule has 1 amide bonds. The van der Waals surface area contributed by atoms with Crippen molar-refractivity contribution < 1.29 is 17.9 Å². The minimum absolute atomic E-state index is 0.0787. The average Bonchev–Trinajstić information content (AvgIpc) is 3.72. The van der Waals surface area contributed by atoms with Gasteiger partial charge in [-0.3, -0.25) is 9.10 Å². The molecule has 7 heteroatoms. The second-order valence-electron chi connectivity index (χ2n) is 8.70. The largest absolute Gasteiger partial charge is 0.497 e. The minimum Gasteiger partial charge on any atom is -0.497 e.